The van der Waals surface area contributed by atoms with Gasteiger partial charge in [-0.05, 0) is 51.1 Å². The molecule has 0 unspecified atom stereocenters. The minimum absolute atomic E-state index is 1.25. The normalized spacial score (nSPS) is 23.4. The standard InChI is InChI=1S/C13H21N/c1-2-5-9-13(8-4-1)12-14-10-6-3-7-11-14/h1-2,12H,3-11H2. The second-order valence-corrected chi connectivity index (χ2v) is 4.43. The first-order valence-corrected chi connectivity index (χ1v) is 6.04. The number of rotatable bonds is 1. The summed E-state index contributed by atoms with van der Waals surface area (Å²) >= 11 is 0. The van der Waals surface area contributed by atoms with Gasteiger partial charge in [0.05, 0.1) is 0 Å². The summed E-state index contributed by atoms with van der Waals surface area (Å²) in [6, 6.07) is 0. The van der Waals surface area contributed by atoms with Crippen molar-refractivity contribution in [3.05, 3.63) is 23.9 Å². The molecule has 1 aliphatic heterocycles. The molecule has 0 aromatic rings. The lowest BCUT2D eigenvalue weighted by atomic mass is 10.1. The zero-order chi connectivity index (χ0) is 9.64. The summed E-state index contributed by atoms with van der Waals surface area (Å²) in [7, 11) is 0. The number of nitrogens with zero attached hydrogens (tertiary/aromatic N) is 1. The van der Waals surface area contributed by atoms with Crippen LogP contribution in [-0.2, 0) is 0 Å². The van der Waals surface area contributed by atoms with Crippen LogP contribution in [-0.4, -0.2) is 18.0 Å². The fourth-order valence-electron chi connectivity index (χ4n) is 2.33. The molecule has 1 heterocycles. The topological polar surface area (TPSA) is 3.24 Å². The third-order valence-electron chi connectivity index (χ3n) is 3.19. The molecule has 1 fully saturated rings. The van der Waals surface area contributed by atoms with Crippen molar-refractivity contribution in [1.82, 2.24) is 4.90 Å². The molecule has 0 spiro atoms. The quantitative estimate of drug-likeness (QED) is 0.573. The van der Waals surface area contributed by atoms with E-state index in [2.05, 4.69) is 23.3 Å². The molecular formula is C13H21N. The molecule has 2 rings (SSSR count). The Labute approximate surface area is 87.5 Å². The van der Waals surface area contributed by atoms with E-state index in [1.165, 1.54) is 58.0 Å². The predicted octanol–water partition coefficient (Wildman–Crippen LogP) is 3.49. The van der Waals surface area contributed by atoms with Crippen LogP contribution in [0.1, 0.15) is 44.9 Å². The summed E-state index contributed by atoms with van der Waals surface area (Å²) in [5, 5.41) is 0. The van der Waals surface area contributed by atoms with Gasteiger partial charge in [-0.15, -0.1) is 0 Å². The van der Waals surface area contributed by atoms with Gasteiger partial charge < -0.3 is 4.90 Å². The highest BCUT2D eigenvalue weighted by Gasteiger charge is 2.08. The second kappa shape index (κ2) is 5.23. The van der Waals surface area contributed by atoms with Crippen LogP contribution >= 0.6 is 0 Å². The van der Waals surface area contributed by atoms with Crippen molar-refractivity contribution in [2.24, 2.45) is 0 Å². The van der Waals surface area contributed by atoms with Crippen molar-refractivity contribution in [3.63, 3.8) is 0 Å². The summed E-state index contributed by atoms with van der Waals surface area (Å²) in [6.07, 6.45) is 16.4. The molecule has 1 heteroatoms. The lowest BCUT2D eigenvalue weighted by molar-refractivity contribution is 0.306. The number of likely N-dealkylation sites (tertiary alicyclic amines) is 1. The fraction of sp³-hybridized carbons (Fsp3) is 0.692. The summed E-state index contributed by atoms with van der Waals surface area (Å²) in [5.74, 6) is 0. The average molecular weight is 191 g/mol. The molecule has 0 aromatic heterocycles. The van der Waals surface area contributed by atoms with E-state index in [-0.39, 0.29) is 0 Å². The Morgan fingerprint density at radius 3 is 2.21 bits per heavy atom. The van der Waals surface area contributed by atoms with Crippen LogP contribution in [0.15, 0.2) is 23.9 Å². The van der Waals surface area contributed by atoms with Crippen LogP contribution in [0.5, 0.6) is 0 Å². The van der Waals surface area contributed by atoms with Crippen LogP contribution < -0.4 is 0 Å². The van der Waals surface area contributed by atoms with E-state index in [1.807, 2.05) is 0 Å². The molecule has 0 radical (unpaired) electrons. The van der Waals surface area contributed by atoms with Crippen molar-refractivity contribution in [3.8, 4) is 0 Å². The maximum absolute atomic E-state index is 2.53. The Hall–Kier alpha value is -0.720. The van der Waals surface area contributed by atoms with E-state index in [1.54, 1.807) is 5.57 Å². The number of allylic oxidation sites excluding steroid dienone is 3. The van der Waals surface area contributed by atoms with E-state index >= 15 is 0 Å². The fourth-order valence-corrected chi connectivity index (χ4v) is 2.33. The smallest absolute Gasteiger partial charge is 0.0172 e. The molecular weight excluding hydrogens is 170 g/mol. The number of hydrogen-bond acceptors (Lipinski definition) is 1. The molecule has 0 aromatic carbocycles. The van der Waals surface area contributed by atoms with E-state index in [0.29, 0.717) is 0 Å². The second-order valence-electron chi connectivity index (χ2n) is 4.43. The third-order valence-corrected chi connectivity index (χ3v) is 3.19. The van der Waals surface area contributed by atoms with E-state index < -0.39 is 0 Å². The molecule has 1 aliphatic carbocycles. The summed E-state index contributed by atoms with van der Waals surface area (Å²) in [6.45, 7) is 2.58. The van der Waals surface area contributed by atoms with Crippen LogP contribution in [0.2, 0.25) is 0 Å². The van der Waals surface area contributed by atoms with Gasteiger partial charge in [0.1, 0.15) is 0 Å². The Morgan fingerprint density at radius 1 is 0.929 bits per heavy atom. The number of piperidine rings is 1. The monoisotopic (exact) mass is 191 g/mol. The Morgan fingerprint density at radius 2 is 1.57 bits per heavy atom. The number of hydrogen-bond donors (Lipinski definition) is 0. The van der Waals surface area contributed by atoms with Gasteiger partial charge >= 0.3 is 0 Å². The summed E-state index contributed by atoms with van der Waals surface area (Å²) in [5.41, 5.74) is 1.66. The molecule has 0 atom stereocenters. The van der Waals surface area contributed by atoms with Crippen molar-refractivity contribution >= 4 is 0 Å². The minimum Gasteiger partial charge on any atom is -0.377 e. The zero-order valence-electron chi connectivity index (χ0n) is 9.04. The highest BCUT2D eigenvalue weighted by molar-refractivity contribution is 5.07. The SMILES string of the molecule is C1=CCCC(=CN2CCCCC2)CC1. The third kappa shape index (κ3) is 2.90. The van der Waals surface area contributed by atoms with Gasteiger partial charge in [-0.25, -0.2) is 0 Å². The molecule has 2 aliphatic rings. The first-order valence-electron chi connectivity index (χ1n) is 6.04. The molecule has 78 valence electrons. The van der Waals surface area contributed by atoms with Gasteiger partial charge in [-0.3, -0.25) is 0 Å². The minimum atomic E-state index is 1.25. The Balaban J connectivity index is 1.88. The van der Waals surface area contributed by atoms with Crippen molar-refractivity contribution < 1.29 is 0 Å². The largest absolute Gasteiger partial charge is 0.377 e. The first-order chi connectivity index (χ1) is 6.95. The highest BCUT2D eigenvalue weighted by atomic mass is 15.1. The molecule has 1 nitrogen and oxygen atoms in total. The van der Waals surface area contributed by atoms with Crippen molar-refractivity contribution in [1.29, 1.82) is 0 Å². The van der Waals surface area contributed by atoms with Crippen molar-refractivity contribution in [2.45, 2.75) is 44.9 Å². The maximum atomic E-state index is 2.53. The van der Waals surface area contributed by atoms with E-state index in [4.69, 9.17) is 0 Å². The predicted molar refractivity (Wildman–Crippen MR) is 61.1 cm³/mol. The van der Waals surface area contributed by atoms with Crippen LogP contribution in [0.4, 0.5) is 0 Å². The highest BCUT2D eigenvalue weighted by Crippen LogP contribution is 2.19. The van der Waals surface area contributed by atoms with Gasteiger partial charge in [0.15, 0.2) is 0 Å². The van der Waals surface area contributed by atoms with Gasteiger partial charge in [0.25, 0.3) is 0 Å². The molecule has 0 saturated carbocycles. The van der Waals surface area contributed by atoms with Gasteiger partial charge in [0.2, 0.25) is 0 Å². The molecule has 14 heavy (non-hydrogen) atoms. The summed E-state index contributed by atoms with van der Waals surface area (Å²) in [4.78, 5) is 2.53. The van der Waals surface area contributed by atoms with Crippen molar-refractivity contribution in [2.75, 3.05) is 13.1 Å². The Bertz CT molecular complexity index is 209. The molecule has 0 bridgehead atoms. The van der Waals surface area contributed by atoms with Crippen LogP contribution in [0.3, 0.4) is 0 Å². The zero-order valence-corrected chi connectivity index (χ0v) is 9.04. The maximum Gasteiger partial charge on any atom is 0.0172 e. The first kappa shape index (κ1) is 9.82. The average Bonchev–Trinajstić information content (AvgIpc) is 2.48. The van der Waals surface area contributed by atoms with E-state index in [0.717, 1.165) is 0 Å². The molecule has 1 saturated heterocycles. The van der Waals surface area contributed by atoms with E-state index in [9.17, 15) is 0 Å². The molecule has 0 N–H and O–H groups in total. The van der Waals surface area contributed by atoms with Gasteiger partial charge in [-0.1, -0.05) is 17.7 Å². The summed E-state index contributed by atoms with van der Waals surface area (Å²) < 4.78 is 0. The lowest BCUT2D eigenvalue weighted by Gasteiger charge is -2.26. The molecule has 0 amide bonds. The van der Waals surface area contributed by atoms with Crippen LogP contribution in [0.25, 0.3) is 0 Å². The van der Waals surface area contributed by atoms with Gasteiger partial charge in [0, 0.05) is 13.1 Å². The van der Waals surface area contributed by atoms with Crippen LogP contribution in [0, 0.1) is 0 Å². The lowest BCUT2D eigenvalue weighted by Crippen LogP contribution is -2.24. The Kier molecular flexibility index (Phi) is 3.67. The van der Waals surface area contributed by atoms with Gasteiger partial charge in [-0.2, -0.15) is 0 Å².